The van der Waals surface area contributed by atoms with Crippen LogP contribution in [0.5, 0.6) is 5.75 Å². The standard InChI is InChI=1S/C14H19NO2/c16-13-6-4-11(5-7-13)14-15-9-2-1-3-12(15)8-10-17-14/h4-7,12,14,16H,1-3,8-10H2/p+1/t12-,14+/m1/s1. The minimum Gasteiger partial charge on any atom is -0.508 e. The lowest BCUT2D eigenvalue weighted by Crippen LogP contribution is -3.18. The van der Waals surface area contributed by atoms with Crippen LogP contribution in [0.25, 0.3) is 0 Å². The summed E-state index contributed by atoms with van der Waals surface area (Å²) < 4.78 is 5.95. The maximum absolute atomic E-state index is 9.34. The van der Waals surface area contributed by atoms with Crippen LogP contribution in [0.1, 0.15) is 37.5 Å². The van der Waals surface area contributed by atoms with Crippen LogP contribution in [0.15, 0.2) is 24.3 Å². The molecule has 0 aromatic heterocycles. The molecular formula is C14H20NO2+. The van der Waals surface area contributed by atoms with Crippen LogP contribution in [0.4, 0.5) is 0 Å². The Kier molecular flexibility index (Phi) is 3.04. The Morgan fingerprint density at radius 1 is 1.12 bits per heavy atom. The summed E-state index contributed by atoms with van der Waals surface area (Å²) in [5.41, 5.74) is 1.20. The molecule has 0 bridgehead atoms. The number of piperidine rings is 1. The number of phenolic OH excluding ortho intramolecular Hbond substituents is 1. The molecule has 1 unspecified atom stereocenters. The molecule has 2 saturated heterocycles. The number of ether oxygens (including phenoxy) is 1. The first-order valence-corrected chi connectivity index (χ1v) is 6.61. The van der Waals surface area contributed by atoms with Crippen molar-refractivity contribution in [2.45, 2.75) is 38.0 Å². The number of aromatic hydroxyl groups is 1. The predicted octanol–water partition coefficient (Wildman–Crippen LogP) is 1.25. The van der Waals surface area contributed by atoms with Crippen molar-refractivity contribution in [2.75, 3.05) is 13.2 Å². The van der Waals surface area contributed by atoms with E-state index < -0.39 is 0 Å². The van der Waals surface area contributed by atoms with Gasteiger partial charge in [-0.05, 0) is 43.5 Å². The van der Waals surface area contributed by atoms with E-state index in [-0.39, 0.29) is 6.23 Å². The summed E-state index contributed by atoms with van der Waals surface area (Å²) in [7, 11) is 0. The Bertz CT molecular complexity index is 374. The quantitative estimate of drug-likeness (QED) is 0.767. The number of nitrogens with one attached hydrogen (secondary N) is 1. The van der Waals surface area contributed by atoms with Crippen molar-refractivity contribution in [1.82, 2.24) is 0 Å². The number of rotatable bonds is 1. The van der Waals surface area contributed by atoms with Gasteiger partial charge >= 0.3 is 0 Å². The highest BCUT2D eigenvalue weighted by molar-refractivity contribution is 5.26. The first kappa shape index (κ1) is 11.1. The lowest BCUT2D eigenvalue weighted by atomic mass is 9.96. The lowest BCUT2D eigenvalue weighted by Gasteiger charge is -2.41. The van der Waals surface area contributed by atoms with Crippen LogP contribution in [-0.2, 0) is 4.74 Å². The summed E-state index contributed by atoms with van der Waals surface area (Å²) in [5.74, 6) is 0.328. The second kappa shape index (κ2) is 4.67. The van der Waals surface area contributed by atoms with Crippen molar-refractivity contribution in [3.8, 4) is 5.75 Å². The van der Waals surface area contributed by atoms with Crippen molar-refractivity contribution in [2.24, 2.45) is 0 Å². The SMILES string of the molecule is Oc1ccc([C@@H]2OCC[C@H]3CCCC[NH+]32)cc1. The van der Waals surface area contributed by atoms with E-state index in [9.17, 15) is 5.11 Å². The van der Waals surface area contributed by atoms with Crippen molar-refractivity contribution < 1.29 is 14.7 Å². The first-order valence-electron chi connectivity index (χ1n) is 6.61. The highest BCUT2D eigenvalue weighted by Crippen LogP contribution is 2.21. The maximum Gasteiger partial charge on any atom is 0.218 e. The summed E-state index contributed by atoms with van der Waals surface area (Å²) in [6, 6.07) is 8.27. The van der Waals surface area contributed by atoms with Crippen LogP contribution in [0, 0.1) is 0 Å². The van der Waals surface area contributed by atoms with E-state index in [1.54, 1.807) is 17.0 Å². The van der Waals surface area contributed by atoms with E-state index in [1.807, 2.05) is 12.1 Å². The number of benzene rings is 1. The minimum absolute atomic E-state index is 0.176. The number of phenols is 1. The Hall–Kier alpha value is -1.06. The summed E-state index contributed by atoms with van der Waals surface area (Å²) in [6.45, 7) is 2.09. The van der Waals surface area contributed by atoms with E-state index in [1.165, 1.54) is 37.8 Å². The molecule has 0 saturated carbocycles. The van der Waals surface area contributed by atoms with Crippen LogP contribution in [-0.4, -0.2) is 24.3 Å². The Morgan fingerprint density at radius 2 is 1.94 bits per heavy atom. The van der Waals surface area contributed by atoms with Gasteiger partial charge in [-0.1, -0.05) is 0 Å². The average molecular weight is 234 g/mol. The summed E-state index contributed by atoms with van der Waals surface area (Å²) in [5, 5.41) is 9.34. The summed E-state index contributed by atoms with van der Waals surface area (Å²) in [4.78, 5) is 1.59. The van der Waals surface area contributed by atoms with E-state index >= 15 is 0 Å². The number of hydrogen-bond acceptors (Lipinski definition) is 2. The Morgan fingerprint density at radius 3 is 2.76 bits per heavy atom. The highest BCUT2D eigenvalue weighted by atomic mass is 16.5. The van der Waals surface area contributed by atoms with Crippen molar-refractivity contribution in [1.29, 1.82) is 0 Å². The Labute approximate surface area is 102 Å². The zero-order valence-corrected chi connectivity index (χ0v) is 10.1. The molecule has 17 heavy (non-hydrogen) atoms. The van der Waals surface area contributed by atoms with Gasteiger partial charge in [0.05, 0.1) is 19.2 Å². The molecule has 3 rings (SSSR count). The van der Waals surface area contributed by atoms with Crippen molar-refractivity contribution >= 4 is 0 Å². The molecule has 2 N–H and O–H groups in total. The van der Waals surface area contributed by atoms with Crippen LogP contribution >= 0.6 is 0 Å². The van der Waals surface area contributed by atoms with E-state index in [2.05, 4.69) is 0 Å². The molecule has 1 aromatic carbocycles. The molecular weight excluding hydrogens is 214 g/mol. The molecule has 3 heteroatoms. The fraction of sp³-hybridized carbons (Fsp3) is 0.571. The molecule has 92 valence electrons. The summed E-state index contributed by atoms with van der Waals surface area (Å²) in [6.07, 6.45) is 5.40. The number of quaternary nitrogens is 1. The first-order chi connectivity index (χ1) is 8.34. The zero-order valence-electron chi connectivity index (χ0n) is 10.1. The molecule has 2 heterocycles. The van der Waals surface area contributed by atoms with Gasteiger partial charge in [0, 0.05) is 12.0 Å². The predicted molar refractivity (Wildman–Crippen MR) is 64.9 cm³/mol. The van der Waals surface area contributed by atoms with Gasteiger partial charge in [-0.2, -0.15) is 0 Å². The van der Waals surface area contributed by atoms with Gasteiger partial charge in [0.2, 0.25) is 6.23 Å². The molecule has 3 nitrogen and oxygen atoms in total. The van der Waals surface area contributed by atoms with Gasteiger partial charge < -0.3 is 14.7 Å². The molecule has 2 aliphatic rings. The fourth-order valence-corrected chi connectivity index (χ4v) is 3.18. The number of hydrogen-bond donors (Lipinski definition) is 2. The topological polar surface area (TPSA) is 33.9 Å². The molecule has 3 atom stereocenters. The normalized spacial score (nSPS) is 33.1. The van der Waals surface area contributed by atoms with Gasteiger partial charge in [0.25, 0.3) is 0 Å². The monoisotopic (exact) mass is 234 g/mol. The van der Waals surface area contributed by atoms with E-state index in [4.69, 9.17) is 4.74 Å². The van der Waals surface area contributed by atoms with Crippen molar-refractivity contribution in [3.05, 3.63) is 29.8 Å². The summed E-state index contributed by atoms with van der Waals surface area (Å²) >= 11 is 0. The molecule has 2 aliphatic heterocycles. The van der Waals surface area contributed by atoms with E-state index in [0.717, 1.165) is 12.6 Å². The molecule has 0 spiro atoms. The van der Waals surface area contributed by atoms with Gasteiger partial charge in [-0.15, -0.1) is 0 Å². The van der Waals surface area contributed by atoms with Crippen molar-refractivity contribution in [3.63, 3.8) is 0 Å². The van der Waals surface area contributed by atoms with Crippen LogP contribution < -0.4 is 4.90 Å². The second-order valence-corrected chi connectivity index (χ2v) is 5.15. The highest BCUT2D eigenvalue weighted by Gasteiger charge is 2.37. The van der Waals surface area contributed by atoms with Gasteiger partial charge in [-0.3, -0.25) is 0 Å². The fourth-order valence-electron chi connectivity index (χ4n) is 3.18. The minimum atomic E-state index is 0.176. The average Bonchev–Trinajstić information content (AvgIpc) is 2.39. The maximum atomic E-state index is 9.34. The number of fused-ring (bicyclic) bond motifs is 1. The lowest BCUT2D eigenvalue weighted by molar-refractivity contribution is -0.991. The molecule has 2 fully saturated rings. The molecule has 1 aromatic rings. The van der Waals surface area contributed by atoms with Gasteiger partial charge in [0.1, 0.15) is 5.75 Å². The Balaban J connectivity index is 1.83. The second-order valence-electron chi connectivity index (χ2n) is 5.15. The third-order valence-corrected chi connectivity index (χ3v) is 4.08. The van der Waals surface area contributed by atoms with Crippen LogP contribution in [0.2, 0.25) is 0 Å². The smallest absolute Gasteiger partial charge is 0.218 e. The van der Waals surface area contributed by atoms with E-state index in [0.29, 0.717) is 5.75 Å². The third-order valence-electron chi connectivity index (χ3n) is 4.08. The third kappa shape index (κ3) is 2.17. The van der Waals surface area contributed by atoms with Crippen LogP contribution in [0.3, 0.4) is 0 Å². The largest absolute Gasteiger partial charge is 0.508 e. The molecule has 0 radical (unpaired) electrons. The molecule has 0 amide bonds. The zero-order chi connectivity index (χ0) is 11.7. The molecule has 0 aliphatic carbocycles. The van der Waals surface area contributed by atoms with Gasteiger partial charge in [0.15, 0.2) is 0 Å². The van der Waals surface area contributed by atoms with Gasteiger partial charge in [-0.25, -0.2) is 0 Å².